The molecule has 1 aromatic rings. The van der Waals surface area contributed by atoms with E-state index in [-0.39, 0.29) is 0 Å². The molecule has 2 heteroatoms. The molecule has 0 N–H and O–H groups in total. The van der Waals surface area contributed by atoms with Gasteiger partial charge in [-0.25, -0.2) is 0 Å². The van der Waals surface area contributed by atoms with E-state index in [0.29, 0.717) is 12.6 Å². The highest BCUT2D eigenvalue weighted by atomic mass is 16.6. The van der Waals surface area contributed by atoms with E-state index in [2.05, 4.69) is 0 Å². The molecule has 1 rings (SSSR count). The van der Waals surface area contributed by atoms with E-state index < -0.39 is 0 Å². The predicted octanol–water partition coefficient (Wildman–Crippen LogP) is 2.30. The van der Waals surface area contributed by atoms with Crippen molar-refractivity contribution >= 4 is 0 Å². The molecule has 0 unspecified atom stereocenters. The lowest BCUT2D eigenvalue weighted by Crippen LogP contribution is -1.87. The molecule has 0 aliphatic rings. The Morgan fingerprint density at radius 1 is 1.50 bits per heavy atom. The Bertz CT molecular complexity index is 194. The lowest BCUT2D eigenvalue weighted by Gasteiger charge is -1.93. The molecule has 56 valence electrons. The predicted molar refractivity (Wildman–Crippen MR) is 39.4 cm³/mol. The quantitative estimate of drug-likeness (QED) is 0.628. The first kappa shape index (κ1) is 7.19. The highest BCUT2D eigenvalue weighted by molar-refractivity contribution is 5.21. The summed E-state index contributed by atoms with van der Waals surface area (Å²) in [5.74, 6) is 1.56. The van der Waals surface area contributed by atoms with Crippen molar-refractivity contribution < 1.29 is 9.15 Å². The van der Waals surface area contributed by atoms with Gasteiger partial charge in [-0.05, 0) is 26.3 Å². The average molecular weight is 140 g/mol. The molecule has 0 saturated carbocycles. The van der Waals surface area contributed by atoms with E-state index in [9.17, 15) is 0 Å². The first-order valence-corrected chi connectivity index (χ1v) is 3.44. The van der Waals surface area contributed by atoms with Gasteiger partial charge < -0.3 is 9.15 Å². The monoisotopic (exact) mass is 140 g/mol. The van der Waals surface area contributed by atoms with Crippen LogP contribution >= 0.6 is 0 Å². The summed E-state index contributed by atoms with van der Waals surface area (Å²) in [7, 11) is 0. The highest BCUT2D eigenvalue weighted by Gasteiger charge is 2.01. The molecule has 0 aliphatic carbocycles. The van der Waals surface area contributed by atoms with Gasteiger partial charge >= 0.3 is 0 Å². The Balaban J connectivity index is 2.77. The summed E-state index contributed by atoms with van der Waals surface area (Å²) in [5.41, 5.74) is 1.14. The molecule has 0 amide bonds. The van der Waals surface area contributed by atoms with Crippen LogP contribution in [-0.4, -0.2) is 6.61 Å². The first-order chi connectivity index (χ1) is 4.74. The molecule has 0 spiro atoms. The van der Waals surface area contributed by atoms with E-state index in [0.717, 1.165) is 11.3 Å². The summed E-state index contributed by atoms with van der Waals surface area (Å²) >= 11 is 0. The van der Waals surface area contributed by atoms with Crippen molar-refractivity contribution in [2.75, 3.05) is 6.61 Å². The van der Waals surface area contributed by atoms with Gasteiger partial charge in [-0.3, -0.25) is 0 Å². The second-order valence-corrected chi connectivity index (χ2v) is 2.24. The van der Waals surface area contributed by atoms with E-state index in [1.54, 1.807) is 0 Å². The SMILES string of the molecule is CCOc1cc(C)c(C)o1. The van der Waals surface area contributed by atoms with Crippen LogP contribution in [0.15, 0.2) is 10.5 Å². The fourth-order valence-corrected chi connectivity index (χ4v) is 0.753. The third-order valence-electron chi connectivity index (χ3n) is 1.43. The summed E-state index contributed by atoms with van der Waals surface area (Å²) in [4.78, 5) is 0. The van der Waals surface area contributed by atoms with Crippen molar-refractivity contribution in [1.82, 2.24) is 0 Å². The minimum absolute atomic E-state index is 0.623. The Labute approximate surface area is 60.8 Å². The maximum Gasteiger partial charge on any atom is 0.284 e. The summed E-state index contributed by atoms with van der Waals surface area (Å²) in [6, 6.07) is 1.90. The molecule has 1 heterocycles. The third kappa shape index (κ3) is 1.32. The van der Waals surface area contributed by atoms with E-state index in [4.69, 9.17) is 9.15 Å². The topological polar surface area (TPSA) is 22.4 Å². The van der Waals surface area contributed by atoms with Gasteiger partial charge in [-0.1, -0.05) is 0 Å². The number of aryl methyl sites for hydroxylation is 2. The molecule has 0 bridgehead atoms. The fraction of sp³-hybridized carbons (Fsp3) is 0.500. The molecule has 10 heavy (non-hydrogen) atoms. The number of hydrogen-bond acceptors (Lipinski definition) is 2. The van der Waals surface area contributed by atoms with Gasteiger partial charge in [0.25, 0.3) is 5.95 Å². The van der Waals surface area contributed by atoms with Crippen molar-refractivity contribution in [3.8, 4) is 5.95 Å². The van der Waals surface area contributed by atoms with Crippen molar-refractivity contribution in [3.05, 3.63) is 17.4 Å². The Morgan fingerprint density at radius 2 is 2.20 bits per heavy atom. The van der Waals surface area contributed by atoms with Gasteiger partial charge in [0.2, 0.25) is 0 Å². The summed E-state index contributed by atoms with van der Waals surface area (Å²) < 4.78 is 10.4. The van der Waals surface area contributed by atoms with Crippen LogP contribution in [-0.2, 0) is 0 Å². The standard InChI is InChI=1S/C8H12O2/c1-4-9-8-5-6(2)7(3)10-8/h5H,4H2,1-3H3. The summed E-state index contributed by atoms with van der Waals surface area (Å²) in [6.45, 7) is 6.53. The van der Waals surface area contributed by atoms with Gasteiger partial charge in [0.1, 0.15) is 5.76 Å². The first-order valence-electron chi connectivity index (χ1n) is 3.44. The van der Waals surface area contributed by atoms with Crippen LogP contribution in [0, 0.1) is 13.8 Å². The number of rotatable bonds is 2. The van der Waals surface area contributed by atoms with Gasteiger partial charge in [0.15, 0.2) is 0 Å². The highest BCUT2D eigenvalue weighted by Crippen LogP contribution is 2.19. The molecule has 2 nitrogen and oxygen atoms in total. The minimum atomic E-state index is 0.623. The second kappa shape index (κ2) is 2.78. The zero-order valence-corrected chi connectivity index (χ0v) is 6.60. The smallest absolute Gasteiger partial charge is 0.284 e. The van der Waals surface area contributed by atoms with Crippen LogP contribution in [0.3, 0.4) is 0 Å². The molecular formula is C8H12O2. The maximum atomic E-state index is 5.23. The third-order valence-corrected chi connectivity index (χ3v) is 1.43. The molecule has 1 aromatic heterocycles. The summed E-state index contributed by atoms with van der Waals surface area (Å²) in [6.07, 6.45) is 0. The molecule has 0 atom stereocenters. The Kier molecular flexibility index (Phi) is 2.00. The fourth-order valence-electron chi connectivity index (χ4n) is 0.753. The normalized spacial score (nSPS) is 9.90. The lowest BCUT2D eigenvalue weighted by atomic mass is 10.3. The van der Waals surface area contributed by atoms with Crippen LogP contribution < -0.4 is 4.74 Å². The van der Waals surface area contributed by atoms with Gasteiger partial charge in [0, 0.05) is 6.07 Å². The van der Waals surface area contributed by atoms with Crippen LogP contribution in [0.5, 0.6) is 5.95 Å². The van der Waals surface area contributed by atoms with Gasteiger partial charge in [0.05, 0.1) is 6.61 Å². The van der Waals surface area contributed by atoms with Crippen molar-refractivity contribution in [2.24, 2.45) is 0 Å². The van der Waals surface area contributed by atoms with Crippen LogP contribution in [0.2, 0.25) is 0 Å². The molecule has 0 fully saturated rings. The van der Waals surface area contributed by atoms with E-state index >= 15 is 0 Å². The molecule has 0 aliphatic heterocycles. The molecular weight excluding hydrogens is 128 g/mol. The largest absolute Gasteiger partial charge is 0.465 e. The second-order valence-electron chi connectivity index (χ2n) is 2.24. The van der Waals surface area contributed by atoms with E-state index in [1.807, 2.05) is 26.8 Å². The minimum Gasteiger partial charge on any atom is -0.465 e. The zero-order chi connectivity index (χ0) is 7.56. The van der Waals surface area contributed by atoms with Crippen molar-refractivity contribution in [3.63, 3.8) is 0 Å². The van der Waals surface area contributed by atoms with E-state index in [1.165, 1.54) is 0 Å². The Hall–Kier alpha value is -0.920. The van der Waals surface area contributed by atoms with Crippen LogP contribution in [0.25, 0.3) is 0 Å². The van der Waals surface area contributed by atoms with Crippen molar-refractivity contribution in [1.29, 1.82) is 0 Å². The molecule has 0 radical (unpaired) electrons. The van der Waals surface area contributed by atoms with Crippen LogP contribution in [0.4, 0.5) is 0 Å². The summed E-state index contributed by atoms with van der Waals surface area (Å²) in [5, 5.41) is 0. The molecule has 0 saturated heterocycles. The van der Waals surface area contributed by atoms with Gasteiger partial charge in [-0.15, -0.1) is 0 Å². The van der Waals surface area contributed by atoms with Crippen molar-refractivity contribution in [2.45, 2.75) is 20.8 Å². The van der Waals surface area contributed by atoms with Crippen LogP contribution in [0.1, 0.15) is 18.2 Å². The zero-order valence-electron chi connectivity index (χ0n) is 6.60. The maximum absolute atomic E-state index is 5.23. The number of hydrogen-bond donors (Lipinski definition) is 0. The number of ether oxygens (including phenoxy) is 1. The number of furan rings is 1. The average Bonchev–Trinajstić information content (AvgIpc) is 2.14. The van der Waals surface area contributed by atoms with Gasteiger partial charge in [-0.2, -0.15) is 0 Å². The Morgan fingerprint density at radius 3 is 2.60 bits per heavy atom. The molecule has 0 aromatic carbocycles. The lowest BCUT2D eigenvalue weighted by molar-refractivity contribution is 0.253.